The summed E-state index contributed by atoms with van der Waals surface area (Å²) in [6, 6.07) is 5.27. The molecule has 19 heavy (non-hydrogen) atoms. The number of ether oxygens (including phenoxy) is 1. The molecule has 1 amide bonds. The SMILES string of the molecule is CC1CN(C(=O)c2ccc(Br)c(Cl)c2)CC(C)(C)O1. The van der Waals surface area contributed by atoms with Gasteiger partial charge in [-0.25, -0.2) is 0 Å². The third-order valence-corrected chi connectivity index (χ3v) is 4.26. The Morgan fingerprint density at radius 2 is 2.21 bits per heavy atom. The van der Waals surface area contributed by atoms with Crippen LogP contribution >= 0.6 is 27.5 Å². The van der Waals surface area contributed by atoms with Gasteiger partial charge in [-0.05, 0) is 54.9 Å². The zero-order valence-corrected chi connectivity index (χ0v) is 13.6. The zero-order valence-electron chi connectivity index (χ0n) is 11.2. The Balaban J connectivity index is 2.21. The minimum atomic E-state index is -0.313. The number of hydrogen-bond donors (Lipinski definition) is 0. The maximum atomic E-state index is 12.5. The molecular formula is C14H17BrClNO2. The van der Waals surface area contributed by atoms with Gasteiger partial charge in [-0.2, -0.15) is 0 Å². The molecule has 3 nitrogen and oxygen atoms in total. The fourth-order valence-corrected chi connectivity index (χ4v) is 2.85. The van der Waals surface area contributed by atoms with Gasteiger partial charge in [-0.1, -0.05) is 11.6 Å². The monoisotopic (exact) mass is 345 g/mol. The third-order valence-electron chi connectivity index (χ3n) is 3.02. The van der Waals surface area contributed by atoms with Gasteiger partial charge in [0.25, 0.3) is 5.91 Å². The summed E-state index contributed by atoms with van der Waals surface area (Å²) in [4.78, 5) is 14.3. The lowest BCUT2D eigenvalue weighted by Crippen LogP contribution is -2.53. The molecule has 1 atom stereocenters. The van der Waals surface area contributed by atoms with Crippen LogP contribution in [0.2, 0.25) is 5.02 Å². The first-order valence-corrected chi connectivity index (χ1v) is 7.38. The molecule has 0 aliphatic carbocycles. The molecule has 1 aromatic carbocycles. The number of morpholine rings is 1. The van der Waals surface area contributed by atoms with Crippen molar-refractivity contribution >= 4 is 33.4 Å². The van der Waals surface area contributed by atoms with Crippen LogP contribution in [0.15, 0.2) is 22.7 Å². The molecule has 0 radical (unpaired) electrons. The van der Waals surface area contributed by atoms with E-state index >= 15 is 0 Å². The van der Waals surface area contributed by atoms with Gasteiger partial charge >= 0.3 is 0 Å². The average molecular weight is 347 g/mol. The van der Waals surface area contributed by atoms with Crippen molar-refractivity contribution in [3.8, 4) is 0 Å². The van der Waals surface area contributed by atoms with E-state index in [1.165, 1.54) is 0 Å². The van der Waals surface area contributed by atoms with Gasteiger partial charge in [0.05, 0.1) is 16.7 Å². The first-order chi connectivity index (χ1) is 8.78. The van der Waals surface area contributed by atoms with Crippen molar-refractivity contribution in [2.45, 2.75) is 32.5 Å². The number of halogens is 2. The van der Waals surface area contributed by atoms with E-state index in [2.05, 4.69) is 15.9 Å². The minimum absolute atomic E-state index is 0.00220. The van der Waals surface area contributed by atoms with E-state index in [9.17, 15) is 4.79 Å². The molecule has 0 N–H and O–H groups in total. The second kappa shape index (κ2) is 5.43. The van der Waals surface area contributed by atoms with Crippen molar-refractivity contribution in [1.29, 1.82) is 0 Å². The summed E-state index contributed by atoms with van der Waals surface area (Å²) in [5, 5.41) is 0.548. The Morgan fingerprint density at radius 3 is 2.79 bits per heavy atom. The van der Waals surface area contributed by atoms with Crippen LogP contribution in [0.1, 0.15) is 31.1 Å². The number of hydrogen-bond acceptors (Lipinski definition) is 2. The molecule has 5 heteroatoms. The van der Waals surface area contributed by atoms with Crippen molar-refractivity contribution in [3.63, 3.8) is 0 Å². The van der Waals surface area contributed by atoms with Crippen LogP contribution < -0.4 is 0 Å². The second-order valence-corrected chi connectivity index (χ2v) is 6.76. The Hall–Kier alpha value is -0.580. The lowest BCUT2D eigenvalue weighted by atomic mass is 10.0. The second-order valence-electron chi connectivity index (χ2n) is 5.50. The van der Waals surface area contributed by atoms with Crippen molar-refractivity contribution in [1.82, 2.24) is 4.90 Å². The zero-order chi connectivity index (χ0) is 14.2. The number of benzene rings is 1. The lowest BCUT2D eigenvalue weighted by molar-refractivity contribution is -0.118. The fourth-order valence-electron chi connectivity index (χ4n) is 2.42. The van der Waals surface area contributed by atoms with Gasteiger partial charge in [-0.3, -0.25) is 4.79 Å². The summed E-state index contributed by atoms with van der Waals surface area (Å²) >= 11 is 9.36. The van der Waals surface area contributed by atoms with Crippen molar-refractivity contribution in [2.75, 3.05) is 13.1 Å². The number of carbonyl (C=O) groups excluding carboxylic acids is 1. The smallest absolute Gasteiger partial charge is 0.254 e. The molecule has 1 aromatic rings. The highest BCUT2D eigenvalue weighted by Crippen LogP contribution is 2.26. The molecule has 1 aliphatic heterocycles. The quantitative estimate of drug-likeness (QED) is 0.775. The summed E-state index contributed by atoms with van der Waals surface area (Å²) in [7, 11) is 0. The minimum Gasteiger partial charge on any atom is -0.369 e. The van der Waals surface area contributed by atoms with Crippen molar-refractivity contribution < 1.29 is 9.53 Å². The van der Waals surface area contributed by atoms with Gasteiger partial charge in [0.2, 0.25) is 0 Å². The van der Waals surface area contributed by atoms with Gasteiger partial charge < -0.3 is 9.64 Å². The molecule has 0 bridgehead atoms. The Kier molecular flexibility index (Phi) is 4.23. The molecule has 0 saturated carbocycles. The average Bonchev–Trinajstić information content (AvgIpc) is 2.29. The van der Waals surface area contributed by atoms with Gasteiger partial charge in [-0.15, -0.1) is 0 Å². The Labute approximate surface area is 127 Å². The van der Waals surface area contributed by atoms with E-state index in [1.807, 2.05) is 25.7 Å². The topological polar surface area (TPSA) is 29.5 Å². The largest absolute Gasteiger partial charge is 0.369 e. The molecule has 0 aromatic heterocycles. The molecule has 1 heterocycles. The fraction of sp³-hybridized carbons (Fsp3) is 0.500. The highest BCUT2D eigenvalue weighted by Gasteiger charge is 2.34. The van der Waals surface area contributed by atoms with Crippen LogP contribution in [0.3, 0.4) is 0 Å². The van der Waals surface area contributed by atoms with Gasteiger partial charge in [0.1, 0.15) is 0 Å². The van der Waals surface area contributed by atoms with E-state index in [1.54, 1.807) is 18.2 Å². The summed E-state index contributed by atoms with van der Waals surface area (Å²) in [6.07, 6.45) is 0.0404. The number of amides is 1. The summed E-state index contributed by atoms with van der Waals surface area (Å²) in [5.74, 6) is -0.00220. The van der Waals surface area contributed by atoms with E-state index in [0.29, 0.717) is 23.7 Å². The van der Waals surface area contributed by atoms with E-state index in [-0.39, 0.29) is 17.6 Å². The molecule has 104 valence electrons. The Bertz CT molecular complexity index is 504. The molecule has 1 unspecified atom stereocenters. The first kappa shape index (κ1) is 14.8. The van der Waals surface area contributed by atoms with Crippen LogP contribution in [0.4, 0.5) is 0 Å². The molecular weight excluding hydrogens is 330 g/mol. The van der Waals surface area contributed by atoms with Gasteiger partial charge in [0, 0.05) is 23.1 Å². The van der Waals surface area contributed by atoms with E-state index in [4.69, 9.17) is 16.3 Å². The van der Waals surface area contributed by atoms with Crippen molar-refractivity contribution in [3.05, 3.63) is 33.3 Å². The molecule has 1 saturated heterocycles. The van der Waals surface area contributed by atoms with E-state index < -0.39 is 0 Å². The van der Waals surface area contributed by atoms with E-state index in [0.717, 1.165) is 4.47 Å². The number of nitrogens with zero attached hydrogens (tertiary/aromatic N) is 1. The normalized spacial score (nSPS) is 22.4. The maximum Gasteiger partial charge on any atom is 0.254 e. The highest BCUT2D eigenvalue weighted by atomic mass is 79.9. The molecule has 2 rings (SSSR count). The predicted molar refractivity (Wildman–Crippen MR) is 79.7 cm³/mol. The van der Waals surface area contributed by atoms with Crippen LogP contribution in [-0.2, 0) is 4.74 Å². The van der Waals surface area contributed by atoms with Crippen molar-refractivity contribution in [2.24, 2.45) is 0 Å². The van der Waals surface area contributed by atoms with Crippen LogP contribution in [0.5, 0.6) is 0 Å². The summed E-state index contributed by atoms with van der Waals surface area (Å²) in [5.41, 5.74) is 0.296. The Morgan fingerprint density at radius 1 is 1.53 bits per heavy atom. The number of rotatable bonds is 1. The summed E-state index contributed by atoms with van der Waals surface area (Å²) < 4.78 is 6.60. The van der Waals surface area contributed by atoms with Crippen LogP contribution in [0.25, 0.3) is 0 Å². The molecule has 1 fully saturated rings. The predicted octanol–water partition coefficient (Wildman–Crippen LogP) is 3.74. The highest BCUT2D eigenvalue weighted by molar-refractivity contribution is 9.10. The maximum absolute atomic E-state index is 12.5. The third kappa shape index (κ3) is 3.50. The first-order valence-electron chi connectivity index (χ1n) is 6.21. The number of carbonyl (C=O) groups is 1. The summed E-state index contributed by atoms with van der Waals surface area (Å²) in [6.45, 7) is 7.17. The van der Waals surface area contributed by atoms with Gasteiger partial charge in [0.15, 0.2) is 0 Å². The standard InChI is InChI=1S/C14H17BrClNO2/c1-9-7-17(8-14(2,3)19-9)13(18)10-4-5-11(15)12(16)6-10/h4-6,9H,7-8H2,1-3H3. The molecule has 0 spiro atoms. The molecule has 1 aliphatic rings. The lowest BCUT2D eigenvalue weighted by Gasteiger charge is -2.41. The van der Waals surface area contributed by atoms with Crippen LogP contribution in [0, 0.1) is 0 Å². The van der Waals surface area contributed by atoms with Crippen LogP contribution in [-0.4, -0.2) is 35.6 Å².